The number of nitrogens with zero attached hydrogens (tertiary/aromatic N) is 2. The molecule has 1 saturated carbocycles. The number of anilines is 1. The van der Waals surface area contributed by atoms with Crippen molar-refractivity contribution in [2.75, 3.05) is 5.32 Å². The zero-order chi connectivity index (χ0) is 24.3. The zero-order valence-electron chi connectivity index (χ0n) is 18.0. The highest BCUT2D eigenvalue weighted by atomic mass is 19.4. The molecule has 4 atom stereocenters. The lowest BCUT2D eigenvalue weighted by atomic mass is 10.1. The minimum atomic E-state index is -4.59. The van der Waals surface area contributed by atoms with Gasteiger partial charge in [-0.05, 0) is 42.8 Å². The van der Waals surface area contributed by atoms with Crippen LogP contribution >= 0.6 is 0 Å². The van der Waals surface area contributed by atoms with Gasteiger partial charge >= 0.3 is 6.18 Å². The molecule has 0 saturated heterocycles. The van der Waals surface area contributed by atoms with Crippen LogP contribution in [0.5, 0.6) is 17.2 Å². The molecule has 2 aliphatic heterocycles. The van der Waals surface area contributed by atoms with Crippen LogP contribution in [0, 0.1) is 0 Å². The van der Waals surface area contributed by atoms with Crippen molar-refractivity contribution in [3.8, 4) is 17.2 Å². The van der Waals surface area contributed by atoms with Crippen molar-refractivity contribution in [3.63, 3.8) is 0 Å². The van der Waals surface area contributed by atoms with Crippen LogP contribution in [0.3, 0.4) is 0 Å². The second-order valence-electron chi connectivity index (χ2n) is 8.63. The van der Waals surface area contributed by atoms with Crippen molar-refractivity contribution in [1.29, 1.82) is 0 Å². The summed E-state index contributed by atoms with van der Waals surface area (Å²) in [5, 5.41) is 16.1. The third-order valence-corrected chi connectivity index (χ3v) is 6.35. The molecule has 0 bridgehead atoms. The van der Waals surface area contributed by atoms with Crippen LogP contribution in [-0.4, -0.2) is 33.1 Å². The van der Waals surface area contributed by atoms with Crippen LogP contribution in [0.2, 0.25) is 0 Å². The van der Waals surface area contributed by atoms with Crippen molar-refractivity contribution >= 4 is 11.7 Å². The van der Waals surface area contributed by atoms with E-state index < -0.39 is 18.1 Å². The first-order chi connectivity index (χ1) is 16.8. The van der Waals surface area contributed by atoms with E-state index in [4.69, 9.17) is 9.47 Å². The second-order valence-corrected chi connectivity index (χ2v) is 8.63. The third kappa shape index (κ3) is 3.96. The average Bonchev–Trinajstić information content (AvgIpc) is 3.35. The Morgan fingerprint density at radius 3 is 2.89 bits per heavy atom. The Hall–Kier alpha value is -3.70. The number of benzene rings is 1. The van der Waals surface area contributed by atoms with Gasteiger partial charge in [-0.2, -0.15) is 13.2 Å². The van der Waals surface area contributed by atoms with Crippen molar-refractivity contribution in [2.45, 2.75) is 43.3 Å². The van der Waals surface area contributed by atoms with Crippen LogP contribution < -0.4 is 20.1 Å². The number of aromatic nitrogens is 2. The number of amides is 1. The number of fused-ring (bicyclic) bond motifs is 4. The Morgan fingerprint density at radius 2 is 2.06 bits per heavy atom. The number of carbonyl (C=O) groups excluding carboxylic acids is 1. The normalized spacial score (nSPS) is 22.9. The molecule has 6 rings (SSSR count). The van der Waals surface area contributed by atoms with Gasteiger partial charge < -0.3 is 19.9 Å². The van der Waals surface area contributed by atoms with Gasteiger partial charge in [0.2, 0.25) is 5.91 Å². The fourth-order valence-electron chi connectivity index (χ4n) is 4.61. The van der Waals surface area contributed by atoms with Gasteiger partial charge in [0.25, 0.3) is 0 Å². The number of nitrogens with one attached hydrogen (secondary N) is 2. The number of aliphatic hydroxyl groups excluding tert-OH is 1. The van der Waals surface area contributed by atoms with E-state index in [0.29, 0.717) is 35.9 Å². The molecule has 2 aromatic heterocycles. The summed E-state index contributed by atoms with van der Waals surface area (Å²) < 4.78 is 50.9. The Morgan fingerprint density at radius 1 is 1.20 bits per heavy atom. The van der Waals surface area contributed by atoms with E-state index in [9.17, 15) is 23.1 Å². The first-order valence-electron chi connectivity index (χ1n) is 11.0. The molecule has 4 heterocycles. The molecule has 0 radical (unpaired) electrons. The Kier molecular flexibility index (Phi) is 4.94. The number of rotatable bonds is 5. The number of carbonyl (C=O) groups is 1. The van der Waals surface area contributed by atoms with Crippen molar-refractivity contribution < 1.29 is 32.5 Å². The maximum atomic E-state index is 12.9. The summed E-state index contributed by atoms with van der Waals surface area (Å²) >= 11 is 0. The summed E-state index contributed by atoms with van der Waals surface area (Å²) in [4.78, 5) is 19.4. The van der Waals surface area contributed by atoms with Crippen molar-refractivity contribution in [2.24, 2.45) is 0 Å². The SMILES string of the molecule is O=C1CCc2c(Oc3ccc4c(c3)[C@H]3[C@H](NC(O)c5cccc(C(F)(F)F)n5)[C@H]3O4)ccnc2N1. The van der Waals surface area contributed by atoms with E-state index in [0.717, 1.165) is 17.2 Å². The van der Waals surface area contributed by atoms with Crippen LogP contribution in [0.15, 0.2) is 48.7 Å². The number of hydrogen-bond acceptors (Lipinski definition) is 7. The fourth-order valence-corrected chi connectivity index (χ4v) is 4.61. The van der Waals surface area contributed by atoms with Gasteiger partial charge in [-0.3, -0.25) is 10.1 Å². The van der Waals surface area contributed by atoms with E-state index in [1.807, 2.05) is 6.07 Å². The topological polar surface area (TPSA) is 106 Å². The number of alkyl halides is 3. The predicted octanol–water partition coefficient (Wildman–Crippen LogP) is 3.68. The summed E-state index contributed by atoms with van der Waals surface area (Å²) in [7, 11) is 0. The van der Waals surface area contributed by atoms with Gasteiger partial charge in [0.15, 0.2) is 0 Å². The monoisotopic (exact) mass is 484 g/mol. The maximum absolute atomic E-state index is 12.9. The standard InChI is InChI=1S/C24H19F3N4O4/c25-24(26,27)17-3-1-2-14(29-17)23(33)31-20-19-13-10-11(4-6-15(13)35-21(19)20)34-16-8-9-28-22-12(16)5-7-18(32)30-22/h1-4,6,8-10,19-21,23,31,33H,5,7H2,(H,28,30,32)/t19-,20-,21-,23?/m0/s1. The molecule has 0 spiro atoms. The predicted molar refractivity (Wildman–Crippen MR) is 116 cm³/mol. The smallest absolute Gasteiger partial charge is 0.433 e. The summed E-state index contributed by atoms with van der Waals surface area (Å²) in [6.45, 7) is 0. The Balaban J connectivity index is 1.17. The molecule has 180 valence electrons. The first-order valence-corrected chi connectivity index (χ1v) is 11.0. The molecule has 3 aromatic rings. The summed E-state index contributed by atoms with van der Waals surface area (Å²) in [6.07, 6.45) is -3.77. The zero-order valence-corrected chi connectivity index (χ0v) is 18.0. The van der Waals surface area contributed by atoms with Gasteiger partial charge in [0.1, 0.15) is 41.1 Å². The minimum Gasteiger partial charge on any atom is -0.488 e. The molecule has 1 fully saturated rings. The van der Waals surface area contributed by atoms with E-state index in [1.54, 1.807) is 24.4 Å². The number of halogens is 3. The van der Waals surface area contributed by atoms with E-state index in [2.05, 4.69) is 20.6 Å². The Labute approximate surface area is 197 Å². The molecule has 1 amide bonds. The molecule has 3 N–H and O–H groups in total. The van der Waals surface area contributed by atoms with Crippen LogP contribution in [-0.2, 0) is 17.4 Å². The third-order valence-electron chi connectivity index (χ3n) is 6.35. The number of pyridine rings is 2. The van der Waals surface area contributed by atoms with Crippen LogP contribution in [0.4, 0.5) is 19.0 Å². The minimum absolute atomic E-state index is 0.0837. The van der Waals surface area contributed by atoms with E-state index in [1.165, 1.54) is 12.1 Å². The molecule has 3 aliphatic rings. The van der Waals surface area contributed by atoms with Gasteiger partial charge in [-0.25, -0.2) is 9.97 Å². The highest BCUT2D eigenvalue weighted by Crippen LogP contribution is 2.55. The molecule has 8 nitrogen and oxygen atoms in total. The average molecular weight is 484 g/mol. The number of ether oxygens (including phenoxy) is 2. The fraction of sp³-hybridized carbons (Fsp3) is 0.292. The molecular formula is C24H19F3N4O4. The lowest BCUT2D eigenvalue weighted by Gasteiger charge is -2.19. The van der Waals surface area contributed by atoms with Gasteiger partial charge in [0.05, 0.1) is 11.7 Å². The molecule has 1 aromatic carbocycles. The molecule has 11 heteroatoms. The lowest BCUT2D eigenvalue weighted by molar-refractivity contribution is -0.141. The highest BCUT2D eigenvalue weighted by Gasteiger charge is 2.59. The molecule has 1 aliphatic carbocycles. The van der Waals surface area contributed by atoms with Crippen LogP contribution in [0.25, 0.3) is 0 Å². The van der Waals surface area contributed by atoms with Gasteiger partial charge in [0, 0.05) is 29.7 Å². The summed E-state index contributed by atoms with van der Waals surface area (Å²) in [6, 6.07) is 10.3. The van der Waals surface area contributed by atoms with Gasteiger partial charge in [-0.15, -0.1) is 0 Å². The Bertz CT molecular complexity index is 1330. The van der Waals surface area contributed by atoms with E-state index >= 15 is 0 Å². The highest BCUT2D eigenvalue weighted by molar-refractivity contribution is 5.93. The van der Waals surface area contributed by atoms with Crippen molar-refractivity contribution in [3.05, 3.63) is 71.2 Å². The molecule has 1 unspecified atom stereocenters. The number of hydrogen-bond donors (Lipinski definition) is 3. The molecule has 35 heavy (non-hydrogen) atoms. The van der Waals surface area contributed by atoms with Gasteiger partial charge in [-0.1, -0.05) is 6.07 Å². The summed E-state index contributed by atoms with van der Waals surface area (Å²) in [5.74, 6) is 2.19. The van der Waals surface area contributed by atoms with Crippen LogP contribution in [0.1, 0.15) is 41.1 Å². The largest absolute Gasteiger partial charge is 0.488 e. The molecular weight excluding hydrogens is 465 g/mol. The first kappa shape index (κ1) is 21.8. The maximum Gasteiger partial charge on any atom is 0.433 e. The van der Waals surface area contributed by atoms with Crippen molar-refractivity contribution in [1.82, 2.24) is 15.3 Å². The number of aliphatic hydroxyl groups is 1. The quantitative estimate of drug-likeness (QED) is 0.475. The van der Waals surface area contributed by atoms with E-state index in [-0.39, 0.29) is 29.7 Å². The lowest BCUT2D eigenvalue weighted by Crippen LogP contribution is -2.29. The second kappa shape index (κ2) is 7.92. The summed E-state index contributed by atoms with van der Waals surface area (Å²) in [5.41, 5.74) is 0.527.